The molecule has 2 N–H and O–H groups in total. The van der Waals surface area contributed by atoms with E-state index in [0.717, 1.165) is 49.9 Å². The van der Waals surface area contributed by atoms with Crippen LogP contribution in [0.5, 0.6) is 0 Å². The highest BCUT2D eigenvalue weighted by molar-refractivity contribution is 5.85. The Morgan fingerprint density at radius 3 is 2.81 bits per heavy atom. The van der Waals surface area contributed by atoms with Crippen molar-refractivity contribution in [2.24, 2.45) is 5.92 Å². The minimum absolute atomic E-state index is 0. The molecule has 2 aliphatic rings. The van der Waals surface area contributed by atoms with E-state index in [1.54, 1.807) is 6.07 Å². The van der Waals surface area contributed by atoms with E-state index in [0.29, 0.717) is 12.0 Å². The molecule has 0 aliphatic carbocycles. The van der Waals surface area contributed by atoms with E-state index in [1.165, 1.54) is 17.3 Å². The van der Waals surface area contributed by atoms with E-state index in [9.17, 15) is 4.39 Å². The van der Waals surface area contributed by atoms with Crippen molar-refractivity contribution < 1.29 is 9.13 Å². The van der Waals surface area contributed by atoms with Crippen LogP contribution in [-0.4, -0.2) is 24.7 Å². The molecular formula is C16H20ClFN2O. The average Bonchev–Trinajstić information content (AvgIpc) is 2.86. The molecule has 2 aliphatic heterocycles. The molecule has 4 rings (SSSR count). The van der Waals surface area contributed by atoms with Crippen LogP contribution in [0.3, 0.4) is 0 Å². The number of fused-ring (bicyclic) bond motifs is 3. The van der Waals surface area contributed by atoms with Crippen molar-refractivity contribution in [3.63, 3.8) is 0 Å². The number of nitrogens with one attached hydrogen (secondary N) is 2. The maximum absolute atomic E-state index is 13.5. The molecule has 0 bridgehead atoms. The normalized spacial score (nSPS) is 22.8. The second-order valence-corrected chi connectivity index (χ2v) is 5.84. The summed E-state index contributed by atoms with van der Waals surface area (Å²) >= 11 is 0. The Morgan fingerprint density at radius 2 is 2.00 bits per heavy atom. The number of rotatable bonds is 1. The molecule has 5 heteroatoms. The summed E-state index contributed by atoms with van der Waals surface area (Å²) in [7, 11) is 0. The van der Waals surface area contributed by atoms with Gasteiger partial charge in [-0.2, -0.15) is 0 Å². The van der Waals surface area contributed by atoms with Crippen molar-refractivity contribution in [1.82, 2.24) is 10.3 Å². The molecule has 1 aromatic heterocycles. The third-order valence-electron chi connectivity index (χ3n) is 4.69. The van der Waals surface area contributed by atoms with Crippen LogP contribution in [-0.2, 0) is 11.2 Å². The Bertz CT molecular complexity index is 636. The predicted octanol–water partition coefficient (Wildman–Crippen LogP) is 3.34. The first-order valence-corrected chi connectivity index (χ1v) is 7.44. The van der Waals surface area contributed by atoms with Gasteiger partial charge in [-0.15, -0.1) is 12.4 Å². The summed E-state index contributed by atoms with van der Waals surface area (Å²) in [6.07, 6.45) is 3.17. The fraction of sp³-hybridized carbons (Fsp3) is 0.500. The third-order valence-corrected chi connectivity index (χ3v) is 4.69. The molecule has 0 radical (unpaired) electrons. The van der Waals surface area contributed by atoms with E-state index in [4.69, 9.17) is 4.74 Å². The smallest absolute Gasteiger partial charge is 0.123 e. The van der Waals surface area contributed by atoms with Crippen molar-refractivity contribution in [3.8, 4) is 0 Å². The lowest BCUT2D eigenvalue weighted by Gasteiger charge is -2.34. The largest absolute Gasteiger partial charge is 0.381 e. The van der Waals surface area contributed by atoms with Gasteiger partial charge in [-0.05, 0) is 55.5 Å². The number of ether oxygens (including phenoxy) is 1. The molecule has 114 valence electrons. The van der Waals surface area contributed by atoms with Gasteiger partial charge in [-0.1, -0.05) is 0 Å². The molecule has 3 heterocycles. The zero-order chi connectivity index (χ0) is 13.5. The zero-order valence-corrected chi connectivity index (χ0v) is 12.6. The average molecular weight is 311 g/mol. The van der Waals surface area contributed by atoms with Gasteiger partial charge in [0.25, 0.3) is 0 Å². The van der Waals surface area contributed by atoms with E-state index < -0.39 is 0 Å². The van der Waals surface area contributed by atoms with E-state index in [1.807, 2.05) is 6.07 Å². The molecule has 2 aromatic rings. The van der Waals surface area contributed by atoms with Crippen LogP contribution in [0, 0.1) is 11.7 Å². The quantitative estimate of drug-likeness (QED) is 0.847. The van der Waals surface area contributed by atoms with Crippen molar-refractivity contribution in [1.29, 1.82) is 0 Å². The van der Waals surface area contributed by atoms with E-state index >= 15 is 0 Å². The zero-order valence-electron chi connectivity index (χ0n) is 11.8. The molecular weight excluding hydrogens is 291 g/mol. The summed E-state index contributed by atoms with van der Waals surface area (Å²) in [5, 5.41) is 4.69. The first-order chi connectivity index (χ1) is 9.83. The monoisotopic (exact) mass is 310 g/mol. The Balaban J connectivity index is 0.00000132. The van der Waals surface area contributed by atoms with Gasteiger partial charge in [0.15, 0.2) is 0 Å². The van der Waals surface area contributed by atoms with Gasteiger partial charge in [0.05, 0.1) is 6.04 Å². The molecule has 1 aromatic carbocycles. The fourth-order valence-electron chi connectivity index (χ4n) is 3.68. The molecule has 0 amide bonds. The Kier molecular flexibility index (Phi) is 4.20. The summed E-state index contributed by atoms with van der Waals surface area (Å²) in [5.74, 6) is 0.459. The summed E-state index contributed by atoms with van der Waals surface area (Å²) in [5.41, 5.74) is 3.62. The highest BCUT2D eigenvalue weighted by Gasteiger charge is 2.31. The molecule has 1 fully saturated rings. The maximum atomic E-state index is 13.5. The van der Waals surface area contributed by atoms with Crippen molar-refractivity contribution in [3.05, 3.63) is 35.3 Å². The predicted molar refractivity (Wildman–Crippen MR) is 83.5 cm³/mol. The third kappa shape index (κ3) is 2.56. The van der Waals surface area contributed by atoms with Gasteiger partial charge in [-0.25, -0.2) is 4.39 Å². The van der Waals surface area contributed by atoms with Gasteiger partial charge >= 0.3 is 0 Å². The highest BCUT2D eigenvalue weighted by atomic mass is 35.5. The minimum atomic E-state index is -0.152. The van der Waals surface area contributed by atoms with Crippen LogP contribution in [0.2, 0.25) is 0 Å². The Morgan fingerprint density at radius 1 is 1.19 bits per heavy atom. The van der Waals surface area contributed by atoms with Gasteiger partial charge < -0.3 is 15.0 Å². The number of aromatic nitrogens is 1. The standard InChI is InChI=1S/C16H19FN2O.ClH/c17-11-1-2-14-13(9-11)12-3-6-18-15(16(12)19-14)10-4-7-20-8-5-10;/h1-2,9-10,15,18-19H,3-8H2;1H. The number of hydrogen-bond acceptors (Lipinski definition) is 2. The lowest BCUT2D eigenvalue weighted by Crippen LogP contribution is -2.37. The Labute approximate surface area is 129 Å². The molecule has 1 atom stereocenters. The molecule has 1 saturated heterocycles. The van der Waals surface area contributed by atoms with Gasteiger partial charge in [0.1, 0.15) is 5.82 Å². The number of H-pyrrole nitrogens is 1. The number of halogens is 2. The Hall–Kier alpha value is -1.10. The lowest BCUT2D eigenvalue weighted by atomic mass is 9.85. The molecule has 0 saturated carbocycles. The second kappa shape index (κ2) is 5.95. The van der Waals surface area contributed by atoms with Crippen molar-refractivity contribution in [2.75, 3.05) is 19.8 Å². The summed E-state index contributed by atoms with van der Waals surface area (Å²) in [6.45, 7) is 2.68. The first kappa shape index (κ1) is 14.8. The molecule has 21 heavy (non-hydrogen) atoms. The van der Waals surface area contributed by atoms with Crippen LogP contribution < -0.4 is 5.32 Å². The van der Waals surface area contributed by atoms with Crippen molar-refractivity contribution in [2.45, 2.75) is 25.3 Å². The minimum Gasteiger partial charge on any atom is -0.381 e. The van der Waals surface area contributed by atoms with Gasteiger partial charge in [0, 0.05) is 29.8 Å². The van der Waals surface area contributed by atoms with Crippen LogP contribution in [0.15, 0.2) is 18.2 Å². The number of benzene rings is 1. The lowest BCUT2D eigenvalue weighted by molar-refractivity contribution is 0.0523. The molecule has 3 nitrogen and oxygen atoms in total. The highest BCUT2D eigenvalue weighted by Crippen LogP contribution is 2.37. The van der Waals surface area contributed by atoms with Crippen LogP contribution in [0.1, 0.15) is 30.1 Å². The summed E-state index contributed by atoms with van der Waals surface area (Å²) in [6, 6.07) is 5.40. The summed E-state index contributed by atoms with van der Waals surface area (Å²) in [4.78, 5) is 3.52. The fourth-order valence-corrected chi connectivity index (χ4v) is 3.68. The number of aromatic amines is 1. The van der Waals surface area contributed by atoms with Crippen LogP contribution >= 0.6 is 12.4 Å². The van der Waals surface area contributed by atoms with Gasteiger partial charge in [0.2, 0.25) is 0 Å². The molecule has 0 spiro atoms. The van der Waals surface area contributed by atoms with Crippen LogP contribution in [0.25, 0.3) is 10.9 Å². The molecule has 1 unspecified atom stereocenters. The van der Waals surface area contributed by atoms with E-state index in [-0.39, 0.29) is 18.2 Å². The SMILES string of the molecule is Cl.Fc1ccc2[nH]c3c(c2c1)CCNC3C1CCOCC1. The van der Waals surface area contributed by atoms with Crippen LogP contribution in [0.4, 0.5) is 4.39 Å². The topological polar surface area (TPSA) is 37.0 Å². The first-order valence-electron chi connectivity index (χ1n) is 7.44. The summed E-state index contributed by atoms with van der Waals surface area (Å²) < 4.78 is 19.0. The second-order valence-electron chi connectivity index (χ2n) is 5.84. The number of hydrogen-bond donors (Lipinski definition) is 2. The van der Waals surface area contributed by atoms with Gasteiger partial charge in [-0.3, -0.25) is 0 Å². The van der Waals surface area contributed by atoms with E-state index in [2.05, 4.69) is 10.3 Å². The maximum Gasteiger partial charge on any atom is 0.123 e. The van der Waals surface area contributed by atoms with Crippen molar-refractivity contribution >= 4 is 23.3 Å².